The lowest BCUT2D eigenvalue weighted by Crippen LogP contribution is -2.37. The molecule has 0 bridgehead atoms. The van der Waals surface area contributed by atoms with Gasteiger partial charge in [0, 0.05) is 11.4 Å². The molecule has 22 heavy (non-hydrogen) atoms. The molecule has 1 atom stereocenters. The smallest absolute Gasteiger partial charge is 0.150 e. The van der Waals surface area contributed by atoms with Crippen LogP contribution >= 0.6 is 0 Å². The van der Waals surface area contributed by atoms with E-state index in [1.165, 1.54) is 5.56 Å². The summed E-state index contributed by atoms with van der Waals surface area (Å²) in [4.78, 5) is 0. The normalized spacial score (nSPS) is 11.2. The zero-order chi connectivity index (χ0) is 16.2. The van der Waals surface area contributed by atoms with E-state index in [2.05, 4.69) is 36.3 Å². The first-order valence-corrected chi connectivity index (χ1v) is 7.29. The Morgan fingerprint density at radius 2 is 1.64 bits per heavy atom. The first-order chi connectivity index (χ1) is 10.7. The Morgan fingerprint density at radius 1 is 1.00 bits per heavy atom. The molecule has 0 aromatic heterocycles. The third kappa shape index (κ3) is 7.31. The predicted octanol–water partition coefficient (Wildman–Crippen LogP) is 4.51. The van der Waals surface area contributed by atoms with Gasteiger partial charge < -0.3 is 10.6 Å². The highest BCUT2D eigenvalue weighted by atomic mass is 15.2. The van der Waals surface area contributed by atoms with E-state index in [1.54, 1.807) is 6.08 Å². The Morgan fingerprint density at radius 3 is 2.18 bits per heavy atom. The summed E-state index contributed by atoms with van der Waals surface area (Å²) in [5, 5.41) is 6.37. The summed E-state index contributed by atoms with van der Waals surface area (Å²) in [6.45, 7) is 7.48. The van der Waals surface area contributed by atoms with Crippen LogP contribution in [0.15, 0.2) is 79.4 Å². The van der Waals surface area contributed by atoms with Gasteiger partial charge in [0.1, 0.15) is 6.29 Å². The van der Waals surface area contributed by atoms with Crippen LogP contribution in [0.25, 0.3) is 0 Å². The first kappa shape index (κ1) is 17.5. The number of hydrogen-bond acceptors (Lipinski definition) is 3. The standard InChI is InChI=1S/C14H17N3.C5H8/c1-11-6-5-9-13(10-11)17-14(15)16-12-7-3-2-4-8-12;1-3-5-4-2/h2-10,14,16-17H,15H2,1H3;3-5H,1H2,2H3/b;5-4-. The monoisotopic (exact) mass is 295 g/mol. The average Bonchev–Trinajstić information content (AvgIpc) is 2.49. The Kier molecular flexibility index (Phi) is 8.16. The van der Waals surface area contributed by atoms with Gasteiger partial charge in [0.2, 0.25) is 0 Å². The molecule has 2 aromatic rings. The largest absolute Gasteiger partial charge is 0.353 e. The van der Waals surface area contributed by atoms with Crippen LogP contribution in [0.5, 0.6) is 0 Å². The maximum Gasteiger partial charge on any atom is 0.150 e. The third-order valence-electron chi connectivity index (χ3n) is 2.76. The van der Waals surface area contributed by atoms with Crippen molar-refractivity contribution < 1.29 is 0 Å². The number of para-hydroxylation sites is 1. The summed E-state index contributed by atoms with van der Waals surface area (Å²) >= 11 is 0. The van der Waals surface area contributed by atoms with E-state index in [4.69, 9.17) is 5.73 Å². The molecular weight excluding hydrogens is 270 g/mol. The average molecular weight is 295 g/mol. The van der Waals surface area contributed by atoms with Gasteiger partial charge in [0.15, 0.2) is 0 Å². The van der Waals surface area contributed by atoms with Crippen molar-refractivity contribution in [1.82, 2.24) is 0 Å². The van der Waals surface area contributed by atoms with Crippen molar-refractivity contribution in [2.24, 2.45) is 5.73 Å². The second kappa shape index (κ2) is 10.2. The summed E-state index contributed by atoms with van der Waals surface area (Å²) < 4.78 is 0. The molecule has 0 fully saturated rings. The van der Waals surface area contributed by atoms with Crippen LogP contribution in [0, 0.1) is 6.92 Å². The van der Waals surface area contributed by atoms with Crippen LogP contribution in [0.2, 0.25) is 0 Å². The summed E-state index contributed by atoms with van der Waals surface area (Å²) in [5.41, 5.74) is 9.19. The number of benzene rings is 2. The molecule has 4 N–H and O–H groups in total. The van der Waals surface area contributed by atoms with Crippen molar-refractivity contribution in [3.05, 3.63) is 85.0 Å². The fourth-order valence-electron chi connectivity index (χ4n) is 1.80. The van der Waals surface area contributed by atoms with Crippen LogP contribution in [0.3, 0.4) is 0 Å². The molecule has 116 valence electrons. The molecule has 0 aliphatic heterocycles. The quantitative estimate of drug-likeness (QED) is 0.562. The van der Waals surface area contributed by atoms with Gasteiger partial charge in [-0.2, -0.15) is 0 Å². The number of nitrogens with one attached hydrogen (secondary N) is 2. The second-order valence-electron chi connectivity index (χ2n) is 4.76. The molecule has 2 aromatic carbocycles. The lowest BCUT2D eigenvalue weighted by Gasteiger charge is -2.18. The Balaban J connectivity index is 0.000000422. The molecule has 3 nitrogen and oxygen atoms in total. The van der Waals surface area contributed by atoms with Gasteiger partial charge in [-0.15, -0.1) is 0 Å². The molecular formula is C19H25N3. The van der Waals surface area contributed by atoms with E-state index in [9.17, 15) is 0 Å². The van der Waals surface area contributed by atoms with E-state index < -0.39 is 0 Å². The lowest BCUT2D eigenvalue weighted by atomic mass is 10.2. The number of aryl methyl sites for hydroxylation is 1. The van der Waals surface area contributed by atoms with E-state index in [0.29, 0.717) is 0 Å². The molecule has 0 aliphatic rings. The fraction of sp³-hybridized carbons (Fsp3) is 0.158. The Hall–Kier alpha value is -2.52. The molecule has 3 heteroatoms. The maximum absolute atomic E-state index is 5.97. The maximum atomic E-state index is 5.97. The van der Waals surface area contributed by atoms with E-state index in [-0.39, 0.29) is 6.29 Å². The zero-order valence-electron chi connectivity index (χ0n) is 13.3. The first-order valence-electron chi connectivity index (χ1n) is 7.29. The Bertz CT molecular complexity index is 576. The van der Waals surface area contributed by atoms with Gasteiger partial charge >= 0.3 is 0 Å². The van der Waals surface area contributed by atoms with E-state index >= 15 is 0 Å². The topological polar surface area (TPSA) is 50.1 Å². The summed E-state index contributed by atoms with van der Waals surface area (Å²) in [5.74, 6) is 0. The predicted molar refractivity (Wildman–Crippen MR) is 97.9 cm³/mol. The van der Waals surface area contributed by atoms with Crippen LogP contribution in [-0.2, 0) is 0 Å². The van der Waals surface area contributed by atoms with Crippen molar-refractivity contribution in [3.63, 3.8) is 0 Å². The van der Waals surface area contributed by atoms with Gasteiger partial charge in [-0.1, -0.05) is 55.1 Å². The highest BCUT2D eigenvalue weighted by Gasteiger charge is 2.01. The Labute approximate surface area is 133 Å². The van der Waals surface area contributed by atoms with Crippen LogP contribution in [-0.4, -0.2) is 6.29 Å². The van der Waals surface area contributed by atoms with Gasteiger partial charge in [0.25, 0.3) is 0 Å². The van der Waals surface area contributed by atoms with Crippen molar-refractivity contribution >= 4 is 11.4 Å². The summed E-state index contributed by atoms with van der Waals surface area (Å²) in [7, 11) is 0. The number of rotatable bonds is 5. The molecule has 0 heterocycles. The van der Waals surface area contributed by atoms with Crippen molar-refractivity contribution in [1.29, 1.82) is 0 Å². The molecule has 0 spiro atoms. The molecule has 1 unspecified atom stereocenters. The highest BCUT2D eigenvalue weighted by molar-refractivity contribution is 5.49. The molecule has 0 amide bonds. The van der Waals surface area contributed by atoms with Gasteiger partial charge in [0.05, 0.1) is 0 Å². The minimum Gasteiger partial charge on any atom is -0.353 e. The van der Waals surface area contributed by atoms with Gasteiger partial charge in [-0.3, -0.25) is 5.73 Å². The number of nitrogens with two attached hydrogens (primary N) is 1. The number of anilines is 2. The fourth-order valence-corrected chi connectivity index (χ4v) is 1.80. The van der Waals surface area contributed by atoms with Crippen LogP contribution in [0.4, 0.5) is 11.4 Å². The van der Waals surface area contributed by atoms with Gasteiger partial charge in [-0.05, 0) is 43.7 Å². The highest BCUT2D eigenvalue weighted by Crippen LogP contribution is 2.11. The van der Waals surface area contributed by atoms with Crippen LogP contribution in [0.1, 0.15) is 12.5 Å². The molecule has 0 aliphatic carbocycles. The zero-order valence-corrected chi connectivity index (χ0v) is 13.3. The molecule has 0 saturated heterocycles. The molecule has 0 radical (unpaired) electrons. The van der Waals surface area contributed by atoms with Crippen molar-refractivity contribution in [2.45, 2.75) is 20.1 Å². The van der Waals surface area contributed by atoms with Crippen LogP contribution < -0.4 is 16.4 Å². The number of allylic oxidation sites excluding steroid dienone is 3. The van der Waals surface area contributed by atoms with Crippen molar-refractivity contribution in [3.8, 4) is 0 Å². The number of hydrogen-bond donors (Lipinski definition) is 3. The third-order valence-corrected chi connectivity index (χ3v) is 2.76. The van der Waals surface area contributed by atoms with Gasteiger partial charge in [-0.25, -0.2) is 0 Å². The van der Waals surface area contributed by atoms with E-state index in [1.807, 2.05) is 61.5 Å². The summed E-state index contributed by atoms with van der Waals surface area (Å²) in [6, 6.07) is 18.0. The molecule has 0 saturated carbocycles. The lowest BCUT2D eigenvalue weighted by molar-refractivity contribution is 0.868. The second-order valence-corrected chi connectivity index (χ2v) is 4.76. The SMILES string of the molecule is C=C/C=C\C.Cc1cccc(NC(N)Nc2ccccc2)c1. The summed E-state index contributed by atoms with van der Waals surface area (Å²) in [6.07, 6.45) is 5.27. The minimum absolute atomic E-state index is 0.306. The molecule has 2 rings (SSSR count). The minimum atomic E-state index is -0.306. The van der Waals surface area contributed by atoms with Crippen molar-refractivity contribution in [2.75, 3.05) is 10.6 Å². The van der Waals surface area contributed by atoms with E-state index in [0.717, 1.165) is 11.4 Å².